The van der Waals surface area contributed by atoms with Crippen molar-refractivity contribution in [2.45, 2.75) is 43.9 Å². The maximum atomic E-state index is 12.8. The van der Waals surface area contributed by atoms with E-state index >= 15 is 0 Å². The van der Waals surface area contributed by atoms with Crippen LogP contribution >= 0.6 is 11.8 Å². The molecular formula is C26H25N3O3S. The summed E-state index contributed by atoms with van der Waals surface area (Å²) < 4.78 is 1.26. The smallest absolute Gasteiger partial charge is 0.317 e. The normalized spacial score (nSPS) is 12.1. The maximum absolute atomic E-state index is 12.8. The number of benzene rings is 3. The van der Waals surface area contributed by atoms with Crippen molar-refractivity contribution in [2.75, 3.05) is 0 Å². The third-order valence-corrected chi connectivity index (χ3v) is 7.10. The molecule has 1 N–H and O–H groups in total. The highest BCUT2D eigenvalue weighted by atomic mass is 32.2. The van der Waals surface area contributed by atoms with Gasteiger partial charge in [0.25, 0.3) is 5.56 Å². The molecule has 0 saturated heterocycles. The second kappa shape index (κ2) is 9.58. The highest BCUT2D eigenvalue weighted by molar-refractivity contribution is 8.00. The highest BCUT2D eigenvalue weighted by Crippen LogP contribution is 2.32. The molecular weight excluding hydrogens is 434 g/mol. The molecule has 0 aliphatic carbocycles. The lowest BCUT2D eigenvalue weighted by atomic mass is 10.0. The number of aromatic nitrogens is 3. The van der Waals surface area contributed by atoms with Crippen LogP contribution in [0.4, 0.5) is 0 Å². The van der Waals surface area contributed by atoms with Crippen LogP contribution in [0.1, 0.15) is 23.1 Å². The van der Waals surface area contributed by atoms with Crippen molar-refractivity contribution >= 4 is 28.6 Å². The number of carboxylic acids is 1. The molecule has 6 nitrogen and oxygen atoms in total. The largest absolute Gasteiger partial charge is 0.480 e. The number of hydrogen-bond donors (Lipinski definition) is 1. The number of aliphatic carboxylic acids is 1. The summed E-state index contributed by atoms with van der Waals surface area (Å²) in [5, 5.41) is 17.8. The Morgan fingerprint density at radius 2 is 1.73 bits per heavy atom. The number of nitrogens with zero attached hydrogens (tertiary/aromatic N) is 3. The first-order valence-electron chi connectivity index (χ1n) is 10.7. The van der Waals surface area contributed by atoms with E-state index in [1.165, 1.54) is 22.0 Å². The van der Waals surface area contributed by atoms with E-state index in [-0.39, 0.29) is 18.5 Å². The Hall–Kier alpha value is -3.45. The Morgan fingerprint density at radius 1 is 1.00 bits per heavy atom. The minimum Gasteiger partial charge on any atom is -0.480 e. The molecule has 1 atom stereocenters. The molecule has 0 saturated carbocycles. The highest BCUT2D eigenvalue weighted by Gasteiger charge is 2.21. The lowest BCUT2D eigenvalue weighted by Crippen LogP contribution is -2.27. The quantitative estimate of drug-likeness (QED) is 0.391. The van der Waals surface area contributed by atoms with Crippen LogP contribution in [0.3, 0.4) is 0 Å². The molecule has 3 aromatic carbocycles. The van der Waals surface area contributed by atoms with Gasteiger partial charge in [0.1, 0.15) is 10.8 Å². The minimum atomic E-state index is -0.917. The van der Waals surface area contributed by atoms with Crippen molar-refractivity contribution in [3.05, 3.63) is 87.7 Å². The Bertz CT molecular complexity index is 1380. The van der Waals surface area contributed by atoms with Gasteiger partial charge in [-0.15, -0.1) is 16.9 Å². The zero-order valence-electron chi connectivity index (χ0n) is 18.8. The fourth-order valence-electron chi connectivity index (χ4n) is 3.72. The van der Waals surface area contributed by atoms with Crippen LogP contribution < -0.4 is 5.56 Å². The molecule has 0 fully saturated rings. The van der Waals surface area contributed by atoms with Crippen LogP contribution in [0, 0.1) is 20.8 Å². The van der Waals surface area contributed by atoms with E-state index in [4.69, 9.17) is 0 Å². The zero-order valence-corrected chi connectivity index (χ0v) is 19.6. The van der Waals surface area contributed by atoms with Gasteiger partial charge in [0.2, 0.25) is 0 Å². The van der Waals surface area contributed by atoms with Crippen molar-refractivity contribution in [3.8, 4) is 11.1 Å². The Balaban J connectivity index is 1.51. The number of hydrogen-bond acceptors (Lipinski definition) is 5. The van der Waals surface area contributed by atoms with Crippen molar-refractivity contribution in [1.29, 1.82) is 0 Å². The van der Waals surface area contributed by atoms with Gasteiger partial charge >= 0.3 is 5.97 Å². The number of carboxylic acid groups (broad SMARTS) is 1. The molecule has 1 aromatic heterocycles. The van der Waals surface area contributed by atoms with E-state index in [2.05, 4.69) is 47.6 Å². The van der Waals surface area contributed by atoms with E-state index in [0.29, 0.717) is 10.9 Å². The van der Waals surface area contributed by atoms with Crippen LogP contribution in [-0.2, 0) is 11.3 Å². The number of carbonyl (C=O) groups is 1. The van der Waals surface area contributed by atoms with Gasteiger partial charge in [0.15, 0.2) is 0 Å². The molecule has 7 heteroatoms. The van der Waals surface area contributed by atoms with Crippen molar-refractivity contribution in [2.24, 2.45) is 0 Å². The third kappa shape index (κ3) is 4.98. The van der Waals surface area contributed by atoms with Crippen LogP contribution in [0.5, 0.6) is 0 Å². The Morgan fingerprint density at radius 3 is 2.42 bits per heavy atom. The van der Waals surface area contributed by atoms with Gasteiger partial charge < -0.3 is 5.11 Å². The molecule has 0 amide bonds. The molecule has 4 rings (SSSR count). The molecule has 1 heterocycles. The predicted octanol–water partition coefficient (Wildman–Crippen LogP) is 5.02. The molecule has 0 radical (unpaired) electrons. The van der Waals surface area contributed by atoms with Gasteiger partial charge in [-0.2, -0.15) is 0 Å². The van der Waals surface area contributed by atoms with E-state index < -0.39 is 11.2 Å². The topological polar surface area (TPSA) is 85.1 Å². The molecule has 1 unspecified atom stereocenters. The molecule has 0 bridgehead atoms. The van der Waals surface area contributed by atoms with Crippen molar-refractivity contribution in [1.82, 2.24) is 15.0 Å². The fraction of sp³-hybridized carbons (Fsp3) is 0.231. The summed E-state index contributed by atoms with van der Waals surface area (Å²) in [4.78, 5) is 25.6. The number of thioether (sulfide) groups is 1. The van der Waals surface area contributed by atoms with E-state index in [1.54, 1.807) is 6.07 Å². The predicted molar refractivity (Wildman–Crippen MR) is 132 cm³/mol. The average Bonchev–Trinajstić information content (AvgIpc) is 2.79. The molecule has 168 valence electrons. The van der Waals surface area contributed by atoms with Gasteiger partial charge in [-0.1, -0.05) is 59.3 Å². The van der Waals surface area contributed by atoms with Crippen LogP contribution in [-0.4, -0.2) is 31.3 Å². The molecule has 4 aromatic rings. The Kier molecular flexibility index (Phi) is 6.60. The fourth-order valence-corrected chi connectivity index (χ4v) is 4.74. The van der Waals surface area contributed by atoms with E-state index in [0.717, 1.165) is 27.1 Å². The summed E-state index contributed by atoms with van der Waals surface area (Å²) >= 11 is 1.30. The van der Waals surface area contributed by atoms with Crippen LogP contribution in [0.25, 0.3) is 22.0 Å². The summed E-state index contributed by atoms with van der Waals surface area (Å²) in [5.74, 6) is -0.917. The molecule has 0 spiro atoms. The first-order valence-corrected chi connectivity index (χ1v) is 11.6. The molecule has 33 heavy (non-hydrogen) atoms. The van der Waals surface area contributed by atoms with E-state index in [9.17, 15) is 14.7 Å². The minimum absolute atomic E-state index is 0.181. The lowest BCUT2D eigenvalue weighted by molar-refractivity contribution is -0.136. The second-order valence-electron chi connectivity index (χ2n) is 8.17. The monoisotopic (exact) mass is 459 g/mol. The lowest BCUT2D eigenvalue weighted by Gasteiger charge is -2.15. The summed E-state index contributed by atoms with van der Waals surface area (Å²) in [6, 6.07) is 19.8. The number of aryl methyl sites for hydroxylation is 4. The molecule has 0 aliphatic rings. The third-order valence-electron chi connectivity index (χ3n) is 5.66. The standard InChI is InChI=1S/C26H25N3O3S/c1-16-7-9-19(10-8-16)20-11-12-22(18(3)15-20)33-23(26(31)32)13-14-29-25(30)21-6-4-5-17(2)24(21)27-28-29/h4-12,15,23H,13-14H2,1-3H3,(H,31,32). The zero-order chi connectivity index (χ0) is 23.5. The van der Waals surface area contributed by atoms with Gasteiger partial charge in [-0.3, -0.25) is 9.59 Å². The summed E-state index contributed by atoms with van der Waals surface area (Å²) in [6.45, 7) is 6.10. The first-order chi connectivity index (χ1) is 15.8. The number of fused-ring (bicyclic) bond motifs is 1. The van der Waals surface area contributed by atoms with E-state index in [1.807, 2.05) is 38.1 Å². The van der Waals surface area contributed by atoms with Gasteiger partial charge in [0.05, 0.1) is 5.39 Å². The van der Waals surface area contributed by atoms with Crippen molar-refractivity contribution in [3.63, 3.8) is 0 Å². The van der Waals surface area contributed by atoms with Crippen molar-refractivity contribution < 1.29 is 9.90 Å². The summed E-state index contributed by atoms with van der Waals surface area (Å²) in [5.41, 5.74) is 5.65. The van der Waals surface area contributed by atoms with Gasteiger partial charge in [0, 0.05) is 11.4 Å². The average molecular weight is 460 g/mol. The van der Waals surface area contributed by atoms with Crippen LogP contribution in [0.2, 0.25) is 0 Å². The Labute approximate surface area is 196 Å². The SMILES string of the molecule is Cc1ccc(-c2ccc(SC(CCn3nnc4c(C)cccc4c3=O)C(=O)O)c(C)c2)cc1. The van der Waals surface area contributed by atoms with Crippen LogP contribution in [0.15, 0.2) is 70.4 Å². The number of rotatable bonds is 7. The second-order valence-corrected chi connectivity index (χ2v) is 9.41. The summed E-state index contributed by atoms with van der Waals surface area (Å²) in [6.07, 6.45) is 0.255. The molecule has 0 aliphatic heterocycles. The summed E-state index contributed by atoms with van der Waals surface area (Å²) in [7, 11) is 0. The first kappa shape index (κ1) is 22.7. The van der Waals surface area contributed by atoms with Gasteiger partial charge in [-0.05, 0) is 61.6 Å². The van der Waals surface area contributed by atoms with Gasteiger partial charge in [-0.25, -0.2) is 4.68 Å². The maximum Gasteiger partial charge on any atom is 0.317 e.